The van der Waals surface area contributed by atoms with Gasteiger partial charge in [0.15, 0.2) is 5.03 Å². The highest BCUT2D eigenvalue weighted by atomic mass is 35.5. The molecular formula is C12H8ClFN2O4S. The summed E-state index contributed by atoms with van der Waals surface area (Å²) in [5.41, 5.74) is -0.568. The minimum atomic E-state index is -4.18. The fraction of sp³-hybridized carbons (Fsp3) is 0. The van der Waals surface area contributed by atoms with Crippen LogP contribution >= 0.6 is 11.6 Å². The fourth-order valence-corrected chi connectivity index (χ4v) is 2.73. The summed E-state index contributed by atoms with van der Waals surface area (Å²) in [7, 11) is -4.18. The molecule has 0 unspecified atom stereocenters. The number of anilines is 1. The van der Waals surface area contributed by atoms with Crippen molar-refractivity contribution in [2.45, 2.75) is 5.03 Å². The monoisotopic (exact) mass is 330 g/mol. The molecule has 2 N–H and O–H groups in total. The number of rotatable bonds is 4. The smallest absolute Gasteiger partial charge is 0.337 e. The maximum absolute atomic E-state index is 13.6. The van der Waals surface area contributed by atoms with E-state index in [0.717, 1.165) is 24.4 Å². The molecule has 0 saturated carbocycles. The van der Waals surface area contributed by atoms with Crippen molar-refractivity contribution in [1.82, 2.24) is 4.98 Å². The Balaban J connectivity index is 2.36. The third-order valence-corrected chi connectivity index (χ3v) is 4.04. The average Bonchev–Trinajstić information content (AvgIpc) is 2.43. The van der Waals surface area contributed by atoms with Crippen LogP contribution in [0.4, 0.5) is 10.1 Å². The van der Waals surface area contributed by atoms with Gasteiger partial charge in [-0.1, -0.05) is 17.7 Å². The first-order chi connectivity index (χ1) is 9.81. The third-order valence-electron chi connectivity index (χ3n) is 2.46. The van der Waals surface area contributed by atoms with E-state index in [1.54, 1.807) is 0 Å². The maximum Gasteiger partial charge on any atom is 0.337 e. The van der Waals surface area contributed by atoms with Gasteiger partial charge in [0.2, 0.25) is 0 Å². The zero-order valence-corrected chi connectivity index (χ0v) is 11.8. The number of carbonyl (C=O) groups is 1. The van der Waals surface area contributed by atoms with Gasteiger partial charge in [0, 0.05) is 6.20 Å². The minimum absolute atomic E-state index is 0.110. The van der Waals surface area contributed by atoms with Crippen molar-refractivity contribution >= 4 is 33.3 Å². The number of pyridine rings is 1. The van der Waals surface area contributed by atoms with E-state index in [0.29, 0.717) is 0 Å². The minimum Gasteiger partial charge on any atom is -0.478 e. The van der Waals surface area contributed by atoms with Gasteiger partial charge in [-0.05, 0) is 24.3 Å². The first-order valence-corrected chi connectivity index (χ1v) is 7.33. The summed E-state index contributed by atoms with van der Waals surface area (Å²) in [4.78, 5) is 14.2. The molecule has 2 rings (SSSR count). The zero-order chi connectivity index (χ0) is 15.6. The number of carboxylic acids is 1. The van der Waals surface area contributed by atoms with Crippen molar-refractivity contribution in [3.8, 4) is 0 Å². The molecule has 1 heterocycles. The van der Waals surface area contributed by atoms with Crippen molar-refractivity contribution in [1.29, 1.82) is 0 Å². The number of benzene rings is 1. The fourth-order valence-electron chi connectivity index (χ4n) is 1.45. The van der Waals surface area contributed by atoms with Crippen LogP contribution in [0.1, 0.15) is 10.4 Å². The largest absolute Gasteiger partial charge is 0.478 e. The Hall–Kier alpha value is -2.19. The maximum atomic E-state index is 13.6. The van der Waals surface area contributed by atoms with E-state index in [4.69, 9.17) is 16.7 Å². The lowest BCUT2D eigenvalue weighted by atomic mass is 10.3. The molecule has 21 heavy (non-hydrogen) atoms. The second kappa shape index (κ2) is 5.66. The Bertz CT molecular complexity index is 773. The number of hydrogen-bond donors (Lipinski definition) is 2. The number of nitrogens with one attached hydrogen (secondary N) is 1. The topological polar surface area (TPSA) is 96.4 Å². The molecule has 0 atom stereocenters. The number of aromatic nitrogens is 1. The molecule has 0 fully saturated rings. The van der Waals surface area contributed by atoms with Gasteiger partial charge in [-0.25, -0.2) is 14.2 Å². The number of nitrogens with zero attached hydrogens (tertiary/aromatic N) is 1. The van der Waals surface area contributed by atoms with Gasteiger partial charge in [0.05, 0.1) is 10.6 Å². The van der Waals surface area contributed by atoms with Gasteiger partial charge in [0.25, 0.3) is 10.0 Å². The molecule has 0 spiro atoms. The molecule has 1 aromatic heterocycles. The molecular weight excluding hydrogens is 323 g/mol. The molecule has 2 aromatic rings. The lowest BCUT2D eigenvalue weighted by Crippen LogP contribution is -2.16. The van der Waals surface area contributed by atoms with E-state index in [1.807, 2.05) is 4.72 Å². The van der Waals surface area contributed by atoms with Crippen LogP contribution in [0.5, 0.6) is 0 Å². The van der Waals surface area contributed by atoms with Crippen LogP contribution in [0.3, 0.4) is 0 Å². The Morgan fingerprint density at radius 2 is 2.00 bits per heavy atom. The van der Waals surface area contributed by atoms with Crippen LogP contribution in [0.2, 0.25) is 5.02 Å². The van der Waals surface area contributed by atoms with Gasteiger partial charge in [-0.2, -0.15) is 8.42 Å². The Kier molecular flexibility index (Phi) is 4.10. The van der Waals surface area contributed by atoms with E-state index in [9.17, 15) is 17.6 Å². The summed E-state index contributed by atoms with van der Waals surface area (Å²) in [6.07, 6.45) is 0.889. The summed E-state index contributed by atoms with van der Waals surface area (Å²) >= 11 is 5.72. The van der Waals surface area contributed by atoms with Gasteiger partial charge in [-0.15, -0.1) is 0 Å². The van der Waals surface area contributed by atoms with Crippen LogP contribution in [0.15, 0.2) is 41.6 Å². The third kappa shape index (κ3) is 3.29. The lowest BCUT2D eigenvalue weighted by molar-refractivity contribution is 0.0696. The first kappa shape index (κ1) is 15.2. The second-order valence-corrected chi connectivity index (χ2v) is 5.93. The van der Waals surface area contributed by atoms with Crippen molar-refractivity contribution in [3.05, 3.63) is 52.9 Å². The van der Waals surface area contributed by atoms with E-state index >= 15 is 0 Å². The van der Waals surface area contributed by atoms with E-state index in [2.05, 4.69) is 4.98 Å². The van der Waals surface area contributed by atoms with Crippen molar-refractivity contribution < 1.29 is 22.7 Å². The highest BCUT2D eigenvalue weighted by molar-refractivity contribution is 7.92. The molecule has 6 nitrogen and oxygen atoms in total. The summed E-state index contributed by atoms with van der Waals surface area (Å²) in [6, 6.07) is 5.77. The summed E-state index contributed by atoms with van der Waals surface area (Å²) in [6.45, 7) is 0. The number of hydrogen-bond acceptors (Lipinski definition) is 4. The normalized spacial score (nSPS) is 11.1. The quantitative estimate of drug-likeness (QED) is 0.897. The van der Waals surface area contributed by atoms with Crippen LogP contribution in [-0.2, 0) is 10.0 Å². The molecule has 0 aliphatic heterocycles. The summed E-state index contributed by atoms with van der Waals surface area (Å²) < 4.78 is 39.6. The van der Waals surface area contributed by atoms with Crippen LogP contribution in [-0.4, -0.2) is 24.5 Å². The Labute approximate surface area is 124 Å². The van der Waals surface area contributed by atoms with Gasteiger partial charge in [0.1, 0.15) is 11.5 Å². The summed E-state index contributed by atoms with van der Waals surface area (Å²) in [5, 5.41) is 8.15. The molecule has 0 aliphatic carbocycles. The standard InChI is InChI=1S/C12H8ClFN2O4S/c13-8-2-1-3-9(14)11(8)16-21(19,20)10-5-4-7(6-15-10)12(17)18/h1-6,16H,(H,17,18). The van der Waals surface area contributed by atoms with Crippen LogP contribution in [0.25, 0.3) is 0 Å². The SMILES string of the molecule is O=C(O)c1ccc(S(=O)(=O)Nc2c(F)cccc2Cl)nc1. The Morgan fingerprint density at radius 3 is 2.52 bits per heavy atom. The average molecular weight is 331 g/mol. The van der Waals surface area contributed by atoms with E-state index in [1.165, 1.54) is 12.1 Å². The lowest BCUT2D eigenvalue weighted by Gasteiger charge is -2.09. The number of sulfonamides is 1. The molecule has 0 radical (unpaired) electrons. The van der Waals surface area contributed by atoms with Crippen molar-refractivity contribution in [2.24, 2.45) is 0 Å². The van der Waals surface area contributed by atoms with Crippen LogP contribution in [0, 0.1) is 5.82 Å². The number of aromatic carboxylic acids is 1. The van der Waals surface area contributed by atoms with Crippen molar-refractivity contribution in [2.75, 3.05) is 4.72 Å². The summed E-state index contributed by atoms with van der Waals surface area (Å²) in [5.74, 6) is -2.08. The predicted octanol–water partition coefficient (Wildman–Crippen LogP) is 2.37. The van der Waals surface area contributed by atoms with E-state index < -0.39 is 32.5 Å². The zero-order valence-electron chi connectivity index (χ0n) is 10.2. The van der Waals surface area contributed by atoms with Gasteiger partial charge < -0.3 is 5.11 Å². The Morgan fingerprint density at radius 1 is 1.29 bits per heavy atom. The number of para-hydroxylation sites is 1. The molecule has 0 amide bonds. The number of carboxylic acid groups (broad SMARTS) is 1. The number of halogens is 2. The molecule has 9 heteroatoms. The van der Waals surface area contributed by atoms with Gasteiger partial charge >= 0.3 is 5.97 Å². The highest BCUT2D eigenvalue weighted by Crippen LogP contribution is 2.26. The first-order valence-electron chi connectivity index (χ1n) is 5.47. The van der Waals surface area contributed by atoms with Crippen LogP contribution < -0.4 is 4.72 Å². The predicted molar refractivity (Wildman–Crippen MR) is 73.4 cm³/mol. The molecule has 0 saturated heterocycles. The van der Waals surface area contributed by atoms with Gasteiger partial charge in [-0.3, -0.25) is 4.72 Å². The molecule has 0 aliphatic rings. The molecule has 0 bridgehead atoms. The molecule has 1 aromatic carbocycles. The van der Waals surface area contributed by atoms with E-state index in [-0.39, 0.29) is 10.6 Å². The molecule has 110 valence electrons. The highest BCUT2D eigenvalue weighted by Gasteiger charge is 2.20. The van der Waals surface area contributed by atoms with Crippen molar-refractivity contribution in [3.63, 3.8) is 0 Å². The second-order valence-electron chi connectivity index (χ2n) is 3.89.